The third-order valence-corrected chi connectivity index (χ3v) is 3.75. The maximum atomic E-state index is 12.9. The molecule has 5 nitrogen and oxygen atoms in total. The minimum absolute atomic E-state index is 0.0913. The summed E-state index contributed by atoms with van der Waals surface area (Å²) in [6, 6.07) is 14.8. The van der Waals surface area contributed by atoms with Gasteiger partial charge < -0.3 is 15.8 Å². The third kappa shape index (κ3) is 5.91. The number of ether oxygens (including phenoxy) is 1. The van der Waals surface area contributed by atoms with Crippen LogP contribution in [0.15, 0.2) is 54.6 Å². The van der Waals surface area contributed by atoms with Crippen molar-refractivity contribution in [1.29, 1.82) is 0 Å². The molecule has 0 unspecified atom stereocenters. The van der Waals surface area contributed by atoms with Crippen molar-refractivity contribution >= 4 is 11.8 Å². The van der Waals surface area contributed by atoms with Gasteiger partial charge in [-0.2, -0.15) is 0 Å². The van der Waals surface area contributed by atoms with E-state index in [1.165, 1.54) is 12.1 Å². The summed E-state index contributed by atoms with van der Waals surface area (Å²) in [5, 5.41) is 2.68. The largest absolute Gasteiger partial charge is 0.481 e. The van der Waals surface area contributed by atoms with Gasteiger partial charge in [0.05, 0.1) is 5.92 Å². The number of amides is 2. The van der Waals surface area contributed by atoms with Crippen LogP contribution in [0.2, 0.25) is 0 Å². The van der Waals surface area contributed by atoms with Crippen molar-refractivity contribution in [3.63, 3.8) is 0 Å². The Bertz CT molecular complexity index is 704. The minimum Gasteiger partial charge on any atom is -0.481 e. The molecular weight excluding hydrogens is 323 g/mol. The number of nitrogens with two attached hydrogens (primary N) is 1. The van der Waals surface area contributed by atoms with Crippen molar-refractivity contribution in [3.8, 4) is 5.75 Å². The van der Waals surface area contributed by atoms with Crippen LogP contribution in [0.3, 0.4) is 0 Å². The van der Waals surface area contributed by atoms with Gasteiger partial charge in [0.1, 0.15) is 11.6 Å². The lowest BCUT2D eigenvalue weighted by Gasteiger charge is -2.18. The normalized spacial score (nSPS) is 12.9. The second kappa shape index (κ2) is 8.82. The molecule has 2 rings (SSSR count). The zero-order chi connectivity index (χ0) is 18.2. The smallest absolute Gasteiger partial charge is 0.260 e. The van der Waals surface area contributed by atoms with Gasteiger partial charge in [0.15, 0.2) is 6.10 Å². The Morgan fingerprint density at radius 1 is 1.12 bits per heavy atom. The molecule has 2 atom stereocenters. The molecule has 0 saturated carbocycles. The molecule has 0 aliphatic rings. The molecule has 0 heterocycles. The fraction of sp³-hybridized carbons (Fsp3) is 0.263. The van der Waals surface area contributed by atoms with Gasteiger partial charge in [0.2, 0.25) is 5.91 Å². The zero-order valence-electron chi connectivity index (χ0n) is 13.9. The summed E-state index contributed by atoms with van der Waals surface area (Å²) in [4.78, 5) is 23.7. The first-order chi connectivity index (χ1) is 12.0. The Labute approximate surface area is 146 Å². The summed E-state index contributed by atoms with van der Waals surface area (Å²) >= 11 is 0. The van der Waals surface area contributed by atoms with Gasteiger partial charge in [0.25, 0.3) is 5.91 Å². The Morgan fingerprint density at radius 2 is 1.76 bits per heavy atom. The summed E-state index contributed by atoms with van der Waals surface area (Å²) in [5.41, 5.74) is 6.18. The van der Waals surface area contributed by atoms with E-state index >= 15 is 0 Å². The van der Waals surface area contributed by atoms with Crippen molar-refractivity contribution in [2.24, 2.45) is 11.7 Å². The van der Waals surface area contributed by atoms with Crippen molar-refractivity contribution in [2.45, 2.75) is 19.4 Å². The number of carbonyl (C=O) groups is 2. The van der Waals surface area contributed by atoms with E-state index in [2.05, 4.69) is 5.32 Å². The van der Waals surface area contributed by atoms with E-state index in [4.69, 9.17) is 10.5 Å². The standard InChI is InChI=1S/C19H21FN2O3/c1-13(25-17-5-3-2-4-6-17)19(24)22-12-15(18(21)23)11-14-7-9-16(20)10-8-14/h2-10,13,15H,11-12H2,1H3,(H2,21,23)(H,22,24)/t13-,15-/m0/s1. The van der Waals surface area contributed by atoms with Gasteiger partial charge in [0, 0.05) is 6.54 Å². The predicted octanol–water partition coefficient (Wildman–Crippen LogP) is 2.05. The average molecular weight is 344 g/mol. The highest BCUT2D eigenvalue weighted by Crippen LogP contribution is 2.12. The van der Waals surface area contributed by atoms with Gasteiger partial charge in [-0.3, -0.25) is 9.59 Å². The number of primary amides is 1. The molecular formula is C19H21FN2O3. The van der Waals surface area contributed by atoms with Crippen LogP contribution < -0.4 is 15.8 Å². The van der Waals surface area contributed by atoms with E-state index in [-0.39, 0.29) is 18.3 Å². The zero-order valence-corrected chi connectivity index (χ0v) is 13.9. The van der Waals surface area contributed by atoms with Gasteiger partial charge in [-0.05, 0) is 43.2 Å². The molecule has 25 heavy (non-hydrogen) atoms. The molecule has 0 aliphatic carbocycles. The minimum atomic E-state index is -0.707. The topological polar surface area (TPSA) is 81.4 Å². The Balaban J connectivity index is 1.88. The number of para-hydroxylation sites is 1. The number of hydrogen-bond donors (Lipinski definition) is 2. The van der Waals surface area contributed by atoms with Crippen LogP contribution in [0, 0.1) is 11.7 Å². The molecule has 6 heteroatoms. The van der Waals surface area contributed by atoms with E-state index in [0.29, 0.717) is 12.2 Å². The highest BCUT2D eigenvalue weighted by atomic mass is 19.1. The summed E-state index contributed by atoms with van der Waals surface area (Å²) in [6.45, 7) is 1.72. The number of benzene rings is 2. The molecule has 0 bridgehead atoms. The van der Waals surface area contributed by atoms with Crippen LogP contribution in [-0.4, -0.2) is 24.5 Å². The monoisotopic (exact) mass is 344 g/mol. The quantitative estimate of drug-likeness (QED) is 0.769. The van der Waals surface area contributed by atoms with Crippen LogP contribution in [0.1, 0.15) is 12.5 Å². The molecule has 0 fully saturated rings. The first-order valence-electron chi connectivity index (χ1n) is 7.99. The fourth-order valence-electron chi connectivity index (χ4n) is 2.30. The van der Waals surface area contributed by atoms with Gasteiger partial charge in [-0.25, -0.2) is 4.39 Å². The molecule has 0 saturated heterocycles. The van der Waals surface area contributed by atoms with Crippen LogP contribution in [-0.2, 0) is 16.0 Å². The SMILES string of the molecule is C[C@H](Oc1ccccc1)C(=O)NC[C@H](Cc1ccc(F)cc1)C(N)=O. The highest BCUT2D eigenvalue weighted by molar-refractivity contribution is 5.82. The maximum Gasteiger partial charge on any atom is 0.260 e. The summed E-state index contributed by atoms with van der Waals surface area (Å²) < 4.78 is 18.5. The molecule has 132 valence electrons. The first-order valence-corrected chi connectivity index (χ1v) is 7.99. The molecule has 2 aromatic rings. The van der Waals surface area contributed by atoms with Crippen molar-refractivity contribution in [3.05, 3.63) is 66.0 Å². The van der Waals surface area contributed by atoms with Gasteiger partial charge in [-0.1, -0.05) is 30.3 Å². The predicted molar refractivity (Wildman–Crippen MR) is 92.3 cm³/mol. The summed E-state index contributed by atoms with van der Waals surface area (Å²) in [7, 11) is 0. The van der Waals surface area contributed by atoms with E-state index in [9.17, 15) is 14.0 Å². The lowest BCUT2D eigenvalue weighted by atomic mass is 9.98. The number of halogens is 1. The van der Waals surface area contributed by atoms with Gasteiger partial charge >= 0.3 is 0 Å². The third-order valence-electron chi connectivity index (χ3n) is 3.75. The lowest BCUT2D eigenvalue weighted by molar-refractivity contribution is -0.128. The molecule has 2 amide bonds. The number of rotatable bonds is 8. The summed E-state index contributed by atoms with van der Waals surface area (Å²) in [5.74, 6) is -1.21. The Morgan fingerprint density at radius 3 is 2.36 bits per heavy atom. The molecule has 0 radical (unpaired) electrons. The number of nitrogens with one attached hydrogen (secondary N) is 1. The van der Waals surface area contributed by atoms with Crippen LogP contribution in [0.5, 0.6) is 5.75 Å². The number of carbonyl (C=O) groups excluding carboxylic acids is 2. The van der Waals surface area contributed by atoms with Crippen molar-refractivity contribution < 1.29 is 18.7 Å². The van der Waals surface area contributed by atoms with E-state index in [0.717, 1.165) is 5.56 Å². The first kappa shape index (κ1) is 18.4. The molecule has 3 N–H and O–H groups in total. The number of hydrogen-bond acceptors (Lipinski definition) is 3. The molecule has 0 aromatic heterocycles. The Hall–Kier alpha value is -2.89. The fourth-order valence-corrected chi connectivity index (χ4v) is 2.30. The second-order valence-electron chi connectivity index (χ2n) is 5.75. The molecule has 0 spiro atoms. The molecule has 0 aliphatic heterocycles. The van der Waals surface area contributed by atoms with Gasteiger partial charge in [-0.15, -0.1) is 0 Å². The summed E-state index contributed by atoms with van der Waals surface area (Å²) in [6.07, 6.45) is -0.383. The van der Waals surface area contributed by atoms with E-state index in [1.54, 1.807) is 31.2 Å². The van der Waals surface area contributed by atoms with E-state index in [1.807, 2.05) is 18.2 Å². The second-order valence-corrected chi connectivity index (χ2v) is 5.75. The maximum absolute atomic E-state index is 12.9. The van der Waals surface area contributed by atoms with Crippen LogP contribution in [0.4, 0.5) is 4.39 Å². The van der Waals surface area contributed by atoms with Crippen LogP contribution in [0.25, 0.3) is 0 Å². The van der Waals surface area contributed by atoms with Crippen LogP contribution >= 0.6 is 0 Å². The average Bonchev–Trinajstić information content (AvgIpc) is 2.60. The van der Waals surface area contributed by atoms with E-state index < -0.39 is 17.9 Å². The van der Waals surface area contributed by atoms with Crippen molar-refractivity contribution in [1.82, 2.24) is 5.32 Å². The molecule has 2 aromatic carbocycles. The lowest BCUT2D eigenvalue weighted by Crippen LogP contribution is -2.42. The van der Waals surface area contributed by atoms with Crippen molar-refractivity contribution in [2.75, 3.05) is 6.54 Å². The highest BCUT2D eigenvalue weighted by Gasteiger charge is 2.20. The Kier molecular flexibility index (Phi) is 6.51.